The fourth-order valence-electron chi connectivity index (χ4n) is 1.67. The third-order valence-corrected chi connectivity index (χ3v) is 2.64. The van der Waals surface area contributed by atoms with E-state index in [9.17, 15) is 4.79 Å². The van der Waals surface area contributed by atoms with Crippen molar-refractivity contribution in [3.05, 3.63) is 11.4 Å². The highest BCUT2D eigenvalue weighted by Gasteiger charge is 2.07. The van der Waals surface area contributed by atoms with Gasteiger partial charge in [-0.3, -0.25) is 4.79 Å². The Morgan fingerprint density at radius 3 is 2.50 bits per heavy atom. The molecule has 1 heterocycles. The number of nitrogens with zero attached hydrogens (tertiary/aromatic N) is 2. The van der Waals surface area contributed by atoms with E-state index in [0.29, 0.717) is 6.42 Å². The molecule has 18 heavy (non-hydrogen) atoms. The van der Waals surface area contributed by atoms with Crippen LogP contribution >= 0.6 is 0 Å². The smallest absolute Gasteiger partial charge is 0.217 e. The van der Waals surface area contributed by atoms with Crippen LogP contribution in [0.25, 0.3) is 0 Å². The van der Waals surface area contributed by atoms with Gasteiger partial charge in [0, 0.05) is 25.6 Å². The zero-order chi connectivity index (χ0) is 13.5. The molecule has 0 saturated heterocycles. The molecule has 0 bridgehead atoms. The molecule has 1 aromatic rings. The van der Waals surface area contributed by atoms with Crippen LogP contribution in [0.4, 0.5) is 11.6 Å². The lowest BCUT2D eigenvalue weighted by Gasteiger charge is -2.12. The van der Waals surface area contributed by atoms with E-state index in [-0.39, 0.29) is 5.91 Å². The molecule has 6 heteroatoms. The number of carbonyl (C=O) groups is 1. The largest absolute Gasteiger partial charge is 0.373 e. The zero-order valence-electron chi connectivity index (χ0n) is 11.2. The number of carbonyl (C=O) groups excluding carboxylic acids is 1. The van der Waals surface area contributed by atoms with Gasteiger partial charge in [0.25, 0.3) is 0 Å². The van der Waals surface area contributed by atoms with Crippen molar-refractivity contribution in [2.45, 2.75) is 33.1 Å². The van der Waals surface area contributed by atoms with Crippen molar-refractivity contribution < 1.29 is 4.79 Å². The number of anilines is 2. The van der Waals surface area contributed by atoms with Gasteiger partial charge in [0.15, 0.2) is 0 Å². The summed E-state index contributed by atoms with van der Waals surface area (Å²) in [6.45, 7) is 4.60. The number of hydrogen-bond donors (Lipinski definition) is 3. The maximum atomic E-state index is 10.6. The average molecular weight is 251 g/mol. The number of nitrogens with two attached hydrogens (primary N) is 1. The Labute approximate surface area is 107 Å². The van der Waals surface area contributed by atoms with Crippen LogP contribution in [0, 0.1) is 13.8 Å². The van der Waals surface area contributed by atoms with Gasteiger partial charge in [0.1, 0.15) is 17.5 Å². The summed E-state index contributed by atoms with van der Waals surface area (Å²) < 4.78 is 0. The van der Waals surface area contributed by atoms with Gasteiger partial charge in [-0.05, 0) is 26.7 Å². The number of rotatable bonds is 7. The first-order chi connectivity index (χ1) is 8.54. The normalized spacial score (nSPS) is 10.2. The van der Waals surface area contributed by atoms with Crippen LogP contribution in [0.15, 0.2) is 0 Å². The van der Waals surface area contributed by atoms with Crippen LogP contribution in [0.1, 0.15) is 30.7 Å². The third-order valence-electron chi connectivity index (χ3n) is 2.64. The topological polar surface area (TPSA) is 92.9 Å². The monoisotopic (exact) mass is 251 g/mol. The number of aryl methyl sites for hydroxylation is 1. The summed E-state index contributed by atoms with van der Waals surface area (Å²) in [5.41, 5.74) is 6.08. The number of amides is 1. The van der Waals surface area contributed by atoms with E-state index in [0.717, 1.165) is 42.4 Å². The van der Waals surface area contributed by atoms with Crippen molar-refractivity contribution in [3.8, 4) is 0 Å². The van der Waals surface area contributed by atoms with E-state index < -0.39 is 0 Å². The average Bonchev–Trinajstić information content (AvgIpc) is 2.32. The fourth-order valence-corrected chi connectivity index (χ4v) is 1.67. The second-order valence-electron chi connectivity index (χ2n) is 4.19. The Morgan fingerprint density at radius 2 is 1.89 bits per heavy atom. The second-order valence-corrected chi connectivity index (χ2v) is 4.19. The van der Waals surface area contributed by atoms with Crippen LogP contribution in [-0.4, -0.2) is 29.5 Å². The summed E-state index contributed by atoms with van der Waals surface area (Å²) in [6.07, 6.45) is 2.12. The zero-order valence-corrected chi connectivity index (χ0v) is 11.2. The fraction of sp³-hybridized carbons (Fsp3) is 0.583. The summed E-state index contributed by atoms with van der Waals surface area (Å²) in [5.74, 6) is 2.15. The van der Waals surface area contributed by atoms with E-state index >= 15 is 0 Å². The highest BCUT2D eigenvalue weighted by Crippen LogP contribution is 2.19. The Kier molecular flexibility index (Phi) is 5.35. The minimum atomic E-state index is -0.249. The van der Waals surface area contributed by atoms with Gasteiger partial charge in [-0.1, -0.05) is 0 Å². The second kappa shape index (κ2) is 6.78. The molecule has 100 valence electrons. The first kappa shape index (κ1) is 14.2. The Morgan fingerprint density at radius 1 is 1.22 bits per heavy atom. The molecule has 0 aromatic carbocycles. The van der Waals surface area contributed by atoms with Crippen molar-refractivity contribution in [2.75, 3.05) is 24.2 Å². The molecule has 0 fully saturated rings. The maximum absolute atomic E-state index is 10.6. The highest BCUT2D eigenvalue weighted by molar-refractivity contribution is 5.73. The maximum Gasteiger partial charge on any atom is 0.217 e. The lowest BCUT2D eigenvalue weighted by atomic mass is 10.2. The molecule has 0 spiro atoms. The van der Waals surface area contributed by atoms with Crippen molar-refractivity contribution in [3.63, 3.8) is 0 Å². The van der Waals surface area contributed by atoms with Crippen molar-refractivity contribution >= 4 is 17.5 Å². The first-order valence-electron chi connectivity index (χ1n) is 6.09. The van der Waals surface area contributed by atoms with Gasteiger partial charge in [0.05, 0.1) is 0 Å². The standard InChI is InChI=1S/C12H21N5O/c1-8-11(14-3)16-9(2)17-12(8)15-7-5-4-6-10(13)18/h4-7H2,1-3H3,(H2,13,18)(H2,14,15,16,17). The molecule has 4 N–H and O–H groups in total. The third kappa shape index (κ3) is 4.20. The predicted molar refractivity (Wildman–Crippen MR) is 72.6 cm³/mol. The van der Waals surface area contributed by atoms with Gasteiger partial charge in [-0.15, -0.1) is 0 Å². The van der Waals surface area contributed by atoms with Crippen LogP contribution in [0.3, 0.4) is 0 Å². The summed E-state index contributed by atoms with van der Waals surface area (Å²) in [6, 6.07) is 0. The van der Waals surface area contributed by atoms with E-state index in [1.165, 1.54) is 0 Å². The summed E-state index contributed by atoms with van der Waals surface area (Å²) in [5, 5.41) is 6.30. The SMILES string of the molecule is CNc1nc(C)nc(NCCCCC(N)=O)c1C. The van der Waals surface area contributed by atoms with E-state index in [2.05, 4.69) is 20.6 Å². The molecule has 0 aliphatic rings. The highest BCUT2D eigenvalue weighted by atomic mass is 16.1. The minimum absolute atomic E-state index is 0.249. The number of primary amides is 1. The Bertz CT molecular complexity index is 419. The van der Waals surface area contributed by atoms with Gasteiger partial charge in [0.2, 0.25) is 5.91 Å². The molecule has 0 aliphatic carbocycles. The molecule has 0 saturated carbocycles. The quantitative estimate of drug-likeness (QED) is 0.633. The van der Waals surface area contributed by atoms with Gasteiger partial charge >= 0.3 is 0 Å². The number of aromatic nitrogens is 2. The van der Waals surface area contributed by atoms with Crippen LogP contribution < -0.4 is 16.4 Å². The molecular weight excluding hydrogens is 230 g/mol. The molecular formula is C12H21N5O. The molecule has 0 aliphatic heterocycles. The van der Waals surface area contributed by atoms with E-state index in [4.69, 9.17) is 5.73 Å². The first-order valence-corrected chi connectivity index (χ1v) is 6.09. The predicted octanol–water partition coefficient (Wildman–Crippen LogP) is 1.20. The number of unbranched alkanes of at least 4 members (excludes halogenated alkanes) is 1. The Hall–Kier alpha value is -1.85. The molecule has 6 nitrogen and oxygen atoms in total. The lowest BCUT2D eigenvalue weighted by molar-refractivity contribution is -0.118. The van der Waals surface area contributed by atoms with Gasteiger partial charge in [-0.2, -0.15) is 0 Å². The summed E-state index contributed by atoms with van der Waals surface area (Å²) >= 11 is 0. The van der Waals surface area contributed by atoms with Crippen molar-refractivity contribution in [2.24, 2.45) is 5.73 Å². The minimum Gasteiger partial charge on any atom is -0.373 e. The molecule has 0 unspecified atom stereocenters. The molecule has 0 radical (unpaired) electrons. The van der Waals surface area contributed by atoms with E-state index in [1.807, 2.05) is 20.9 Å². The molecule has 0 atom stereocenters. The van der Waals surface area contributed by atoms with E-state index in [1.54, 1.807) is 0 Å². The van der Waals surface area contributed by atoms with Crippen LogP contribution in [-0.2, 0) is 4.79 Å². The van der Waals surface area contributed by atoms with Crippen molar-refractivity contribution in [1.29, 1.82) is 0 Å². The summed E-state index contributed by atoms with van der Waals surface area (Å²) in [7, 11) is 1.84. The molecule has 1 rings (SSSR count). The number of nitrogens with one attached hydrogen (secondary N) is 2. The molecule has 1 amide bonds. The lowest BCUT2D eigenvalue weighted by Crippen LogP contribution is -2.12. The van der Waals surface area contributed by atoms with Crippen LogP contribution in [0.5, 0.6) is 0 Å². The molecule has 1 aromatic heterocycles. The van der Waals surface area contributed by atoms with Gasteiger partial charge < -0.3 is 16.4 Å². The van der Waals surface area contributed by atoms with Crippen LogP contribution in [0.2, 0.25) is 0 Å². The number of hydrogen-bond acceptors (Lipinski definition) is 5. The van der Waals surface area contributed by atoms with Gasteiger partial charge in [-0.25, -0.2) is 9.97 Å². The Balaban J connectivity index is 2.51. The van der Waals surface area contributed by atoms with Crippen molar-refractivity contribution in [1.82, 2.24) is 9.97 Å². The summed E-state index contributed by atoms with van der Waals surface area (Å²) in [4.78, 5) is 19.2.